The van der Waals surface area contributed by atoms with Crippen LogP contribution >= 0.6 is 0 Å². The van der Waals surface area contributed by atoms with Crippen molar-refractivity contribution in [2.24, 2.45) is 5.73 Å². The molecule has 22 heavy (non-hydrogen) atoms. The fourth-order valence-electron chi connectivity index (χ4n) is 2.43. The summed E-state index contributed by atoms with van der Waals surface area (Å²) in [5.41, 5.74) is 5.27. The van der Waals surface area contributed by atoms with Gasteiger partial charge in [-0.2, -0.15) is 0 Å². The highest BCUT2D eigenvalue weighted by atomic mass is 19.2. The van der Waals surface area contributed by atoms with Crippen LogP contribution in [-0.2, 0) is 0 Å². The summed E-state index contributed by atoms with van der Waals surface area (Å²) in [6.07, 6.45) is 17.5. The minimum absolute atomic E-state index is 0.574. The number of hydrogen-bond donors (Lipinski definition) is 3. The smallest absolute Gasteiger partial charge is 0.243 e. The number of rotatable bonds is 15. The quantitative estimate of drug-likeness (QED) is 0.313. The van der Waals surface area contributed by atoms with Gasteiger partial charge in [-0.15, -0.1) is 0 Å². The van der Waals surface area contributed by atoms with E-state index in [2.05, 4.69) is 6.92 Å². The molecular weight excluding hydrogens is 281 g/mol. The Hall–Kier alpha value is -0.450. The van der Waals surface area contributed by atoms with Crippen molar-refractivity contribution in [2.75, 3.05) is 6.61 Å². The second-order valence-corrected chi connectivity index (χ2v) is 6.24. The predicted molar refractivity (Wildman–Crippen MR) is 91.3 cm³/mol. The topological polar surface area (TPSA) is 66.5 Å². The lowest BCUT2D eigenvalue weighted by molar-refractivity contribution is -0.0737. The molecule has 0 rings (SSSR count). The van der Waals surface area contributed by atoms with Crippen LogP contribution in [0.4, 0.5) is 4.39 Å². The van der Waals surface area contributed by atoms with E-state index in [4.69, 9.17) is 10.8 Å². The van der Waals surface area contributed by atoms with Gasteiger partial charge in [-0.05, 0) is 18.9 Å². The largest absolute Gasteiger partial charge is 0.395 e. The van der Waals surface area contributed by atoms with Gasteiger partial charge >= 0.3 is 0 Å². The predicted octanol–water partition coefficient (Wildman–Crippen LogP) is 4.22. The van der Waals surface area contributed by atoms with Crippen LogP contribution in [0.3, 0.4) is 0 Å². The lowest BCUT2D eigenvalue weighted by Gasteiger charge is -2.20. The third-order valence-electron chi connectivity index (χ3n) is 4.04. The first kappa shape index (κ1) is 21.6. The number of halogens is 1. The zero-order valence-corrected chi connectivity index (χ0v) is 14.3. The molecule has 2 atom stereocenters. The highest BCUT2D eigenvalue weighted by Crippen LogP contribution is 2.15. The summed E-state index contributed by atoms with van der Waals surface area (Å²) in [6, 6.07) is -1.28. The standard InChI is InChI=1S/C18H36FNO2/c1-2-3-4-5-6-7-8-9-10-11-12-13-14-15-18(19,22)17(20)16-21/h14-15,17,21-22H,2-13,16,20H2,1H3/b15-14+/t17-,18+/m0/s1. The first-order valence-corrected chi connectivity index (χ1v) is 9.00. The summed E-state index contributed by atoms with van der Waals surface area (Å²) >= 11 is 0. The van der Waals surface area contributed by atoms with Crippen LogP contribution in [0.2, 0.25) is 0 Å². The number of hydrogen-bond acceptors (Lipinski definition) is 3. The van der Waals surface area contributed by atoms with Crippen LogP contribution in [-0.4, -0.2) is 28.7 Å². The SMILES string of the molecule is CCCCCCCCCCCCC/C=C/[C@](O)(F)[C@@H](N)CO. The first-order valence-electron chi connectivity index (χ1n) is 9.00. The Labute approximate surface area is 135 Å². The van der Waals surface area contributed by atoms with E-state index in [0.29, 0.717) is 0 Å². The molecule has 0 unspecified atom stereocenters. The Morgan fingerprint density at radius 1 is 0.955 bits per heavy atom. The minimum atomic E-state index is -2.60. The van der Waals surface area contributed by atoms with Gasteiger partial charge in [0.25, 0.3) is 0 Å². The molecule has 0 fully saturated rings. The van der Waals surface area contributed by atoms with Gasteiger partial charge in [0.15, 0.2) is 0 Å². The zero-order chi connectivity index (χ0) is 16.7. The van der Waals surface area contributed by atoms with E-state index in [0.717, 1.165) is 25.3 Å². The lowest BCUT2D eigenvalue weighted by atomic mass is 10.0. The monoisotopic (exact) mass is 317 g/mol. The molecule has 0 aliphatic rings. The summed E-state index contributed by atoms with van der Waals surface area (Å²) < 4.78 is 13.5. The molecule has 0 radical (unpaired) electrons. The number of allylic oxidation sites excluding steroid dienone is 1. The van der Waals surface area contributed by atoms with Gasteiger partial charge < -0.3 is 15.9 Å². The van der Waals surface area contributed by atoms with E-state index >= 15 is 0 Å². The van der Waals surface area contributed by atoms with Gasteiger partial charge in [-0.25, -0.2) is 4.39 Å². The molecule has 0 amide bonds. The molecule has 0 bridgehead atoms. The number of unbranched alkanes of at least 4 members (excludes halogenated alkanes) is 11. The van der Waals surface area contributed by atoms with Gasteiger partial charge in [0, 0.05) is 0 Å². The molecule has 132 valence electrons. The maximum atomic E-state index is 13.5. The van der Waals surface area contributed by atoms with E-state index in [1.165, 1.54) is 57.8 Å². The fourth-order valence-corrected chi connectivity index (χ4v) is 2.43. The summed E-state index contributed by atoms with van der Waals surface area (Å²) in [4.78, 5) is 0. The number of aliphatic hydroxyl groups excluding tert-OH is 1. The Kier molecular flexibility index (Phi) is 13.9. The fraction of sp³-hybridized carbons (Fsp3) is 0.889. The van der Waals surface area contributed by atoms with E-state index in [-0.39, 0.29) is 0 Å². The van der Waals surface area contributed by atoms with Gasteiger partial charge in [-0.3, -0.25) is 0 Å². The third-order valence-corrected chi connectivity index (χ3v) is 4.04. The second kappa shape index (κ2) is 14.2. The molecule has 4 N–H and O–H groups in total. The summed E-state index contributed by atoms with van der Waals surface area (Å²) in [5, 5.41) is 18.0. The van der Waals surface area contributed by atoms with Crippen molar-refractivity contribution in [2.45, 2.75) is 95.9 Å². The molecule has 0 aliphatic carbocycles. The van der Waals surface area contributed by atoms with E-state index in [1.54, 1.807) is 6.08 Å². The van der Waals surface area contributed by atoms with Crippen molar-refractivity contribution in [1.29, 1.82) is 0 Å². The van der Waals surface area contributed by atoms with Gasteiger partial charge in [-0.1, -0.05) is 77.2 Å². The Balaban J connectivity index is 3.36. The minimum Gasteiger partial charge on any atom is -0.395 e. The average Bonchev–Trinajstić information content (AvgIpc) is 2.50. The van der Waals surface area contributed by atoms with Crippen molar-refractivity contribution in [3.63, 3.8) is 0 Å². The maximum absolute atomic E-state index is 13.5. The van der Waals surface area contributed by atoms with Crippen molar-refractivity contribution < 1.29 is 14.6 Å². The maximum Gasteiger partial charge on any atom is 0.243 e. The van der Waals surface area contributed by atoms with Crippen LogP contribution < -0.4 is 5.73 Å². The van der Waals surface area contributed by atoms with Gasteiger partial charge in [0.05, 0.1) is 12.6 Å². The van der Waals surface area contributed by atoms with E-state index < -0.39 is 18.5 Å². The molecule has 0 saturated carbocycles. The lowest BCUT2D eigenvalue weighted by Crippen LogP contribution is -2.45. The van der Waals surface area contributed by atoms with Crippen molar-refractivity contribution in [1.82, 2.24) is 0 Å². The van der Waals surface area contributed by atoms with Crippen molar-refractivity contribution >= 4 is 0 Å². The van der Waals surface area contributed by atoms with Gasteiger partial charge in [0.1, 0.15) is 0 Å². The summed E-state index contributed by atoms with van der Waals surface area (Å²) in [6.45, 7) is 1.67. The molecule has 0 saturated heterocycles. The van der Waals surface area contributed by atoms with Crippen molar-refractivity contribution in [3.05, 3.63) is 12.2 Å². The van der Waals surface area contributed by atoms with E-state index in [1.807, 2.05) is 0 Å². The highest BCUT2D eigenvalue weighted by molar-refractivity contribution is 4.99. The van der Waals surface area contributed by atoms with Gasteiger partial charge in [0.2, 0.25) is 5.85 Å². The average molecular weight is 317 g/mol. The highest BCUT2D eigenvalue weighted by Gasteiger charge is 2.30. The van der Waals surface area contributed by atoms with E-state index in [9.17, 15) is 9.50 Å². The first-order chi connectivity index (χ1) is 10.5. The molecule has 0 aliphatic heterocycles. The molecule has 3 nitrogen and oxygen atoms in total. The Morgan fingerprint density at radius 2 is 1.41 bits per heavy atom. The zero-order valence-electron chi connectivity index (χ0n) is 14.3. The molecule has 0 aromatic carbocycles. The van der Waals surface area contributed by atoms with Crippen LogP contribution in [0.5, 0.6) is 0 Å². The molecule has 0 aromatic heterocycles. The molecule has 0 heterocycles. The molecule has 4 heteroatoms. The molecular formula is C18H36FNO2. The van der Waals surface area contributed by atoms with Crippen LogP contribution in [0, 0.1) is 0 Å². The normalized spacial score (nSPS) is 16.0. The van der Waals surface area contributed by atoms with Crippen LogP contribution in [0.25, 0.3) is 0 Å². The van der Waals surface area contributed by atoms with Crippen LogP contribution in [0.1, 0.15) is 84.0 Å². The Bertz CT molecular complexity index is 270. The third kappa shape index (κ3) is 12.1. The van der Waals surface area contributed by atoms with Crippen LogP contribution in [0.15, 0.2) is 12.2 Å². The van der Waals surface area contributed by atoms with Crippen molar-refractivity contribution in [3.8, 4) is 0 Å². The summed E-state index contributed by atoms with van der Waals surface area (Å²) in [7, 11) is 0. The molecule has 0 aromatic rings. The Morgan fingerprint density at radius 3 is 1.86 bits per heavy atom. The number of aliphatic hydroxyl groups is 2. The number of alkyl halides is 1. The number of nitrogens with two attached hydrogens (primary N) is 1. The molecule has 0 spiro atoms. The summed E-state index contributed by atoms with van der Waals surface area (Å²) in [5.74, 6) is -2.60. The second-order valence-electron chi connectivity index (χ2n) is 6.24.